The van der Waals surface area contributed by atoms with E-state index in [1.807, 2.05) is 32.9 Å². The Bertz CT molecular complexity index is 1200. The highest BCUT2D eigenvalue weighted by Gasteiger charge is 2.49. The molecule has 2 saturated heterocycles. The molecule has 10 heteroatoms. The molecular formula is C28H36Cl3N5O2. The molecule has 1 aliphatic carbocycles. The number of aromatic nitrogens is 2. The summed E-state index contributed by atoms with van der Waals surface area (Å²) in [6.07, 6.45) is 4.65. The first-order chi connectivity index (χ1) is 18.1. The average Bonchev–Trinajstić information content (AvgIpc) is 2.82. The van der Waals surface area contributed by atoms with E-state index in [1.54, 1.807) is 6.07 Å². The highest BCUT2D eigenvalue weighted by atomic mass is 35.5. The topological polar surface area (TPSA) is 81.6 Å². The van der Waals surface area contributed by atoms with Gasteiger partial charge in [-0.2, -0.15) is 4.98 Å². The monoisotopic (exact) mass is 579 g/mol. The van der Waals surface area contributed by atoms with Gasteiger partial charge in [0.15, 0.2) is 5.82 Å². The number of nitrogens with one attached hydrogen (secondary N) is 1. The molecule has 2 N–H and O–H groups in total. The van der Waals surface area contributed by atoms with Crippen molar-refractivity contribution in [3.05, 3.63) is 44.5 Å². The summed E-state index contributed by atoms with van der Waals surface area (Å²) >= 11 is 19.2. The van der Waals surface area contributed by atoms with Crippen molar-refractivity contribution >= 4 is 52.5 Å². The van der Waals surface area contributed by atoms with Crippen LogP contribution in [0.25, 0.3) is 0 Å². The first kappa shape index (κ1) is 27.8. The number of likely N-dealkylation sites (tertiary alicyclic amines) is 1. The van der Waals surface area contributed by atoms with E-state index in [9.17, 15) is 9.90 Å². The average molecular weight is 581 g/mol. The molecule has 0 amide bonds. The van der Waals surface area contributed by atoms with E-state index in [-0.39, 0.29) is 6.04 Å². The van der Waals surface area contributed by atoms with Gasteiger partial charge in [0.1, 0.15) is 5.02 Å². The number of aryl methyl sites for hydroxylation is 1. The lowest BCUT2D eigenvalue weighted by Gasteiger charge is -2.52. The van der Waals surface area contributed by atoms with Crippen molar-refractivity contribution in [3.63, 3.8) is 0 Å². The Labute approximate surface area is 239 Å². The Balaban J connectivity index is 1.23. The number of hydrogen-bond donors (Lipinski definition) is 2. The van der Waals surface area contributed by atoms with Gasteiger partial charge in [0.25, 0.3) is 0 Å². The molecule has 2 aliphatic heterocycles. The van der Waals surface area contributed by atoms with Gasteiger partial charge in [-0.15, -0.1) is 0 Å². The molecule has 1 aromatic heterocycles. The predicted molar refractivity (Wildman–Crippen MR) is 154 cm³/mol. The lowest BCUT2D eigenvalue weighted by molar-refractivity contribution is -0.158. The number of halogens is 3. The summed E-state index contributed by atoms with van der Waals surface area (Å²) in [7, 11) is 0. The van der Waals surface area contributed by atoms with Gasteiger partial charge in [0.05, 0.1) is 17.2 Å². The fourth-order valence-corrected chi connectivity index (χ4v) is 7.08. The maximum atomic E-state index is 11.5. The third-order valence-corrected chi connectivity index (χ3v) is 9.74. The zero-order valence-electron chi connectivity index (χ0n) is 22.2. The van der Waals surface area contributed by atoms with Gasteiger partial charge in [-0.1, -0.05) is 47.8 Å². The van der Waals surface area contributed by atoms with Crippen LogP contribution < -0.4 is 10.2 Å². The van der Waals surface area contributed by atoms with Crippen LogP contribution in [-0.2, 0) is 11.2 Å². The number of nitrogens with zero attached hydrogens (tertiary/aromatic N) is 4. The number of aliphatic carboxylic acids is 1. The van der Waals surface area contributed by atoms with Crippen LogP contribution in [0.4, 0.5) is 11.8 Å². The summed E-state index contributed by atoms with van der Waals surface area (Å²) < 4.78 is 0. The fraction of sp³-hybridized carbons (Fsp3) is 0.607. The molecular weight excluding hydrogens is 545 g/mol. The Morgan fingerprint density at radius 3 is 2.58 bits per heavy atom. The van der Waals surface area contributed by atoms with Crippen molar-refractivity contribution < 1.29 is 9.90 Å². The maximum absolute atomic E-state index is 11.5. The van der Waals surface area contributed by atoms with Crippen LogP contribution in [0.3, 0.4) is 0 Å². The zero-order valence-corrected chi connectivity index (χ0v) is 24.5. The van der Waals surface area contributed by atoms with E-state index in [1.165, 1.54) is 12.8 Å². The molecule has 0 radical (unpaired) electrons. The van der Waals surface area contributed by atoms with E-state index in [0.717, 1.165) is 50.3 Å². The molecule has 5 rings (SSSR count). The summed E-state index contributed by atoms with van der Waals surface area (Å²) in [5, 5.41) is 14.7. The van der Waals surface area contributed by atoms with Gasteiger partial charge in [0.2, 0.25) is 5.95 Å². The zero-order chi connectivity index (χ0) is 27.2. The normalized spacial score (nSPS) is 26.9. The molecule has 0 spiro atoms. The van der Waals surface area contributed by atoms with Crippen LogP contribution in [0.15, 0.2) is 18.2 Å². The Morgan fingerprint density at radius 1 is 1.18 bits per heavy atom. The van der Waals surface area contributed by atoms with Crippen LogP contribution >= 0.6 is 34.8 Å². The number of piperidine rings is 1. The molecule has 7 nitrogen and oxygen atoms in total. The number of hydrogen-bond acceptors (Lipinski definition) is 6. The molecule has 3 aliphatic rings. The van der Waals surface area contributed by atoms with Gasteiger partial charge < -0.3 is 20.2 Å². The Kier molecular flexibility index (Phi) is 8.03. The molecule has 3 heterocycles. The number of carboxylic acids is 1. The van der Waals surface area contributed by atoms with Crippen LogP contribution in [-0.4, -0.2) is 58.2 Å². The largest absolute Gasteiger partial charge is 0.481 e. The third kappa shape index (κ3) is 5.45. The minimum atomic E-state index is -0.661. The second-order valence-electron chi connectivity index (χ2n) is 11.5. The van der Waals surface area contributed by atoms with Gasteiger partial charge in [-0.3, -0.25) is 4.79 Å². The standard InChI is InChI=1S/C28H36Cl3N5O2/c1-4-23-24(31)25(32-16(2)21-8-7-19(29)10-22(21)30)34-27(33-23)36-14-18(15-36)17-6-5-9-35(13-17)20-11-28(3,12-20)26(37)38/h7-8,10,16-18,20H,4-6,9,11-15H2,1-3H3,(H,37,38)(H,32,33,34)/t16?,17-,20?,28?/m0/s1. The molecule has 0 bridgehead atoms. The highest BCUT2D eigenvalue weighted by Crippen LogP contribution is 2.45. The lowest BCUT2D eigenvalue weighted by atomic mass is 9.65. The molecule has 38 heavy (non-hydrogen) atoms. The van der Waals surface area contributed by atoms with E-state index in [0.29, 0.717) is 51.1 Å². The molecule has 2 atom stereocenters. The summed E-state index contributed by atoms with van der Waals surface area (Å²) in [4.78, 5) is 25.9. The molecule has 3 fully saturated rings. The van der Waals surface area contributed by atoms with E-state index in [4.69, 9.17) is 44.8 Å². The molecule has 206 valence electrons. The number of carboxylic acid groups (broad SMARTS) is 1. The van der Waals surface area contributed by atoms with E-state index in [2.05, 4.69) is 15.1 Å². The van der Waals surface area contributed by atoms with Crippen molar-refractivity contribution in [2.24, 2.45) is 17.3 Å². The summed E-state index contributed by atoms with van der Waals surface area (Å²) in [5.41, 5.74) is 1.20. The van der Waals surface area contributed by atoms with Crippen molar-refractivity contribution in [2.75, 3.05) is 36.4 Å². The first-order valence-corrected chi connectivity index (χ1v) is 14.7. The van der Waals surface area contributed by atoms with Crippen molar-refractivity contribution in [1.82, 2.24) is 14.9 Å². The number of anilines is 2. The van der Waals surface area contributed by atoms with Crippen LogP contribution in [0, 0.1) is 17.3 Å². The fourth-order valence-electron chi connectivity index (χ4n) is 6.23. The summed E-state index contributed by atoms with van der Waals surface area (Å²) in [6, 6.07) is 5.78. The minimum absolute atomic E-state index is 0.114. The van der Waals surface area contributed by atoms with E-state index >= 15 is 0 Å². The van der Waals surface area contributed by atoms with Crippen molar-refractivity contribution in [3.8, 4) is 0 Å². The van der Waals surface area contributed by atoms with Gasteiger partial charge in [-0.25, -0.2) is 4.98 Å². The van der Waals surface area contributed by atoms with Crippen molar-refractivity contribution in [1.29, 1.82) is 0 Å². The Hall–Kier alpha value is -1.80. The SMILES string of the molecule is CCc1nc(N2CC([C@H]3CCCN(C4CC(C)(C(=O)O)C4)C3)C2)nc(NC(C)c2ccc(Cl)cc2Cl)c1Cl. The molecule has 1 saturated carbocycles. The van der Waals surface area contributed by atoms with Crippen LogP contribution in [0.1, 0.15) is 63.8 Å². The predicted octanol–water partition coefficient (Wildman–Crippen LogP) is 6.57. The second kappa shape index (κ2) is 11.0. The van der Waals surface area contributed by atoms with Crippen LogP contribution in [0.2, 0.25) is 15.1 Å². The van der Waals surface area contributed by atoms with Crippen molar-refractivity contribution in [2.45, 2.75) is 65.0 Å². The molecule has 1 aromatic carbocycles. The number of carbonyl (C=O) groups is 1. The number of benzene rings is 1. The maximum Gasteiger partial charge on any atom is 0.309 e. The minimum Gasteiger partial charge on any atom is -0.481 e. The highest BCUT2D eigenvalue weighted by molar-refractivity contribution is 6.35. The molecule has 2 aromatic rings. The summed E-state index contributed by atoms with van der Waals surface area (Å²) in [6.45, 7) is 9.95. The second-order valence-corrected chi connectivity index (χ2v) is 12.7. The first-order valence-electron chi connectivity index (χ1n) is 13.6. The lowest BCUT2D eigenvalue weighted by Crippen LogP contribution is -2.58. The van der Waals surface area contributed by atoms with Gasteiger partial charge in [0, 0.05) is 35.7 Å². The summed E-state index contributed by atoms with van der Waals surface area (Å²) in [5.74, 6) is 1.88. The van der Waals surface area contributed by atoms with Crippen LogP contribution in [0.5, 0.6) is 0 Å². The third-order valence-electron chi connectivity index (χ3n) is 8.78. The van der Waals surface area contributed by atoms with Gasteiger partial charge >= 0.3 is 5.97 Å². The quantitative estimate of drug-likeness (QED) is 0.365. The van der Waals surface area contributed by atoms with Gasteiger partial charge in [-0.05, 0) is 82.0 Å². The number of rotatable bonds is 8. The van der Waals surface area contributed by atoms with E-state index < -0.39 is 11.4 Å². The Morgan fingerprint density at radius 2 is 1.92 bits per heavy atom. The molecule has 1 unspecified atom stereocenters. The smallest absolute Gasteiger partial charge is 0.309 e.